The van der Waals surface area contributed by atoms with Gasteiger partial charge < -0.3 is 10.1 Å². The number of nitrogens with one attached hydrogen (secondary N) is 1. The number of ether oxygens (including phenoxy) is 1. The summed E-state index contributed by atoms with van der Waals surface area (Å²) in [7, 11) is 1.50. The van der Waals surface area contributed by atoms with Crippen molar-refractivity contribution in [3.63, 3.8) is 0 Å². The molecule has 1 N–H and O–H groups in total. The van der Waals surface area contributed by atoms with Crippen LogP contribution in [0.15, 0.2) is 42.5 Å². The zero-order valence-electron chi connectivity index (χ0n) is 15.2. The van der Waals surface area contributed by atoms with E-state index in [1.54, 1.807) is 11.6 Å². The molecule has 0 bridgehead atoms. The molecule has 0 aromatic heterocycles. The van der Waals surface area contributed by atoms with Gasteiger partial charge in [0.15, 0.2) is 11.6 Å². The van der Waals surface area contributed by atoms with E-state index in [1.165, 1.54) is 50.8 Å². The zero-order chi connectivity index (χ0) is 17.6. The van der Waals surface area contributed by atoms with Crippen LogP contribution in [0.5, 0.6) is 5.75 Å². The molecule has 1 unspecified atom stereocenters. The lowest BCUT2D eigenvalue weighted by Crippen LogP contribution is -2.21. The first kappa shape index (κ1) is 17.9. The molecule has 0 amide bonds. The lowest BCUT2D eigenvalue weighted by atomic mass is 9.82. The van der Waals surface area contributed by atoms with Crippen molar-refractivity contribution in [3.05, 3.63) is 65.0 Å². The maximum absolute atomic E-state index is 13.5. The van der Waals surface area contributed by atoms with Crippen LogP contribution in [0.25, 0.3) is 0 Å². The third kappa shape index (κ3) is 4.60. The highest BCUT2D eigenvalue weighted by atomic mass is 19.1. The van der Waals surface area contributed by atoms with Crippen molar-refractivity contribution in [1.29, 1.82) is 0 Å². The van der Waals surface area contributed by atoms with Gasteiger partial charge in [-0.2, -0.15) is 0 Å². The number of rotatable bonds is 7. The van der Waals surface area contributed by atoms with E-state index in [9.17, 15) is 4.39 Å². The van der Waals surface area contributed by atoms with E-state index in [1.807, 2.05) is 6.07 Å². The maximum atomic E-state index is 13.5. The average Bonchev–Trinajstić information content (AvgIpc) is 2.65. The summed E-state index contributed by atoms with van der Waals surface area (Å²) < 4.78 is 18.6. The van der Waals surface area contributed by atoms with Gasteiger partial charge in [0.25, 0.3) is 0 Å². The van der Waals surface area contributed by atoms with Crippen LogP contribution in [0.3, 0.4) is 0 Å². The van der Waals surface area contributed by atoms with E-state index in [4.69, 9.17) is 4.74 Å². The van der Waals surface area contributed by atoms with Crippen LogP contribution < -0.4 is 10.1 Å². The van der Waals surface area contributed by atoms with E-state index in [0.717, 1.165) is 18.0 Å². The molecule has 0 saturated carbocycles. The first-order chi connectivity index (χ1) is 12.2. The van der Waals surface area contributed by atoms with Crippen LogP contribution in [-0.2, 0) is 12.8 Å². The molecule has 0 saturated heterocycles. The van der Waals surface area contributed by atoms with Gasteiger partial charge in [-0.3, -0.25) is 0 Å². The first-order valence-corrected chi connectivity index (χ1v) is 9.31. The second-order valence-corrected chi connectivity index (χ2v) is 7.09. The lowest BCUT2D eigenvalue weighted by Gasteiger charge is -2.25. The Morgan fingerprint density at radius 2 is 2.00 bits per heavy atom. The molecule has 25 heavy (non-hydrogen) atoms. The van der Waals surface area contributed by atoms with Crippen molar-refractivity contribution in [2.45, 2.75) is 45.1 Å². The molecule has 2 nitrogen and oxygen atoms in total. The van der Waals surface area contributed by atoms with Gasteiger partial charge in [-0.15, -0.1) is 0 Å². The molecule has 0 radical (unpaired) electrons. The fourth-order valence-corrected chi connectivity index (χ4v) is 3.79. The van der Waals surface area contributed by atoms with Crippen molar-refractivity contribution in [1.82, 2.24) is 5.32 Å². The predicted octanol–water partition coefficient (Wildman–Crippen LogP) is 5.07. The van der Waals surface area contributed by atoms with Gasteiger partial charge in [0.1, 0.15) is 0 Å². The van der Waals surface area contributed by atoms with Crippen LogP contribution in [0.4, 0.5) is 4.39 Å². The highest BCUT2D eigenvalue weighted by Crippen LogP contribution is 2.28. The van der Waals surface area contributed by atoms with E-state index in [0.29, 0.717) is 5.75 Å². The summed E-state index contributed by atoms with van der Waals surface area (Å²) in [4.78, 5) is 0. The third-order valence-electron chi connectivity index (χ3n) is 5.36. The summed E-state index contributed by atoms with van der Waals surface area (Å²) >= 11 is 0. The van der Waals surface area contributed by atoms with Crippen LogP contribution >= 0.6 is 0 Å². The topological polar surface area (TPSA) is 21.3 Å². The molecule has 134 valence electrons. The van der Waals surface area contributed by atoms with E-state index in [-0.39, 0.29) is 11.9 Å². The summed E-state index contributed by atoms with van der Waals surface area (Å²) in [6.45, 7) is 3.10. The number of methoxy groups -OCH3 is 1. The minimum Gasteiger partial charge on any atom is -0.494 e. The summed E-state index contributed by atoms with van der Waals surface area (Å²) in [5.41, 5.74) is 4.14. The molecule has 2 aromatic rings. The Morgan fingerprint density at radius 1 is 1.20 bits per heavy atom. The Morgan fingerprint density at radius 3 is 2.80 bits per heavy atom. The van der Waals surface area contributed by atoms with Crippen molar-refractivity contribution in [2.24, 2.45) is 5.92 Å². The highest BCUT2D eigenvalue weighted by Gasteiger charge is 2.17. The Bertz CT molecular complexity index is 700. The van der Waals surface area contributed by atoms with Crippen molar-refractivity contribution < 1.29 is 9.13 Å². The molecule has 2 atom stereocenters. The van der Waals surface area contributed by atoms with Crippen LogP contribution in [0, 0.1) is 11.7 Å². The summed E-state index contributed by atoms with van der Waals surface area (Å²) in [5, 5.41) is 3.55. The Labute approximate surface area is 150 Å². The molecule has 0 fully saturated rings. The van der Waals surface area contributed by atoms with Crippen molar-refractivity contribution in [2.75, 3.05) is 13.7 Å². The summed E-state index contributed by atoms with van der Waals surface area (Å²) in [6, 6.07) is 14.1. The van der Waals surface area contributed by atoms with Gasteiger partial charge in [-0.05, 0) is 80.3 Å². The minimum atomic E-state index is -0.309. The monoisotopic (exact) mass is 341 g/mol. The largest absolute Gasteiger partial charge is 0.494 e. The zero-order valence-corrected chi connectivity index (χ0v) is 15.2. The second-order valence-electron chi connectivity index (χ2n) is 7.09. The molecule has 3 rings (SSSR count). The maximum Gasteiger partial charge on any atom is 0.165 e. The van der Waals surface area contributed by atoms with Gasteiger partial charge in [0, 0.05) is 6.04 Å². The molecule has 0 spiro atoms. The van der Waals surface area contributed by atoms with Gasteiger partial charge in [0.2, 0.25) is 0 Å². The number of fused-ring (bicyclic) bond motifs is 1. The number of halogens is 1. The average molecular weight is 341 g/mol. The standard InChI is InChI=1S/C22H28FNO/c1-16(19-11-12-21(23)22(15-19)25-2)24-13-5-6-17-9-10-18-7-3-4-8-20(18)14-17/h3-4,7-8,11-12,15-17,24H,5-6,9-10,13-14H2,1-2H3/t16-,17?/m1/s1. The lowest BCUT2D eigenvalue weighted by molar-refractivity contribution is 0.384. The number of hydrogen-bond donors (Lipinski definition) is 1. The molecule has 3 heteroatoms. The van der Waals surface area contributed by atoms with Gasteiger partial charge in [-0.1, -0.05) is 30.3 Å². The first-order valence-electron chi connectivity index (χ1n) is 9.31. The number of aryl methyl sites for hydroxylation is 1. The molecule has 1 aliphatic carbocycles. The number of hydrogen-bond acceptors (Lipinski definition) is 2. The van der Waals surface area contributed by atoms with Crippen LogP contribution in [0.1, 0.15) is 48.9 Å². The third-order valence-corrected chi connectivity index (χ3v) is 5.36. The molecular formula is C22H28FNO. The van der Waals surface area contributed by atoms with Gasteiger partial charge in [-0.25, -0.2) is 4.39 Å². The molecule has 2 aromatic carbocycles. The smallest absolute Gasteiger partial charge is 0.165 e. The van der Waals surface area contributed by atoms with E-state index in [2.05, 4.69) is 36.5 Å². The van der Waals surface area contributed by atoms with E-state index >= 15 is 0 Å². The van der Waals surface area contributed by atoms with Crippen molar-refractivity contribution >= 4 is 0 Å². The normalized spacial score (nSPS) is 17.8. The molecule has 0 heterocycles. The van der Waals surface area contributed by atoms with E-state index < -0.39 is 0 Å². The van der Waals surface area contributed by atoms with Gasteiger partial charge in [0.05, 0.1) is 7.11 Å². The molecular weight excluding hydrogens is 313 g/mol. The highest BCUT2D eigenvalue weighted by molar-refractivity contribution is 5.32. The predicted molar refractivity (Wildman–Crippen MR) is 101 cm³/mol. The number of benzene rings is 2. The minimum absolute atomic E-state index is 0.196. The fourth-order valence-electron chi connectivity index (χ4n) is 3.79. The quantitative estimate of drug-likeness (QED) is 0.710. The Hall–Kier alpha value is -1.87. The fraction of sp³-hybridized carbons (Fsp3) is 0.455. The summed E-state index contributed by atoms with van der Waals surface area (Å²) in [6.07, 6.45) is 6.19. The molecule has 1 aliphatic rings. The SMILES string of the molecule is COc1cc([C@@H](C)NCCCC2CCc3ccccc3C2)ccc1F. The Balaban J connectivity index is 1.43. The summed E-state index contributed by atoms with van der Waals surface area (Å²) in [5.74, 6) is 0.806. The Kier molecular flexibility index (Phi) is 6.09. The van der Waals surface area contributed by atoms with Crippen molar-refractivity contribution in [3.8, 4) is 5.75 Å². The van der Waals surface area contributed by atoms with Gasteiger partial charge >= 0.3 is 0 Å². The van der Waals surface area contributed by atoms with Crippen LogP contribution in [0.2, 0.25) is 0 Å². The second kappa shape index (κ2) is 8.48. The molecule has 0 aliphatic heterocycles. The van der Waals surface area contributed by atoms with Crippen LogP contribution in [-0.4, -0.2) is 13.7 Å².